The van der Waals surface area contributed by atoms with Crippen LogP contribution in [0, 0.1) is 0 Å². The van der Waals surface area contributed by atoms with Crippen LogP contribution in [0.4, 0.5) is 37.7 Å². The third-order valence-corrected chi connectivity index (χ3v) is 4.79. The molecule has 0 radical (unpaired) electrons. The van der Waals surface area contributed by atoms with Crippen molar-refractivity contribution in [2.75, 3.05) is 5.32 Å². The van der Waals surface area contributed by atoms with Gasteiger partial charge < -0.3 is 5.32 Å². The molecule has 31 heavy (non-hydrogen) atoms. The number of hydrogen-bond donors (Lipinski definition) is 1. The predicted molar refractivity (Wildman–Crippen MR) is 101 cm³/mol. The minimum absolute atomic E-state index is 0.0132. The molecule has 2 aromatic heterocycles. The molecule has 0 amide bonds. The van der Waals surface area contributed by atoms with Crippen molar-refractivity contribution in [3.63, 3.8) is 0 Å². The van der Waals surface area contributed by atoms with Crippen LogP contribution in [0.2, 0.25) is 0 Å². The van der Waals surface area contributed by atoms with Crippen molar-refractivity contribution >= 4 is 22.4 Å². The van der Waals surface area contributed by atoms with Gasteiger partial charge in [-0.1, -0.05) is 6.92 Å². The Morgan fingerprint density at radius 2 is 1.48 bits per heavy atom. The molecule has 0 spiro atoms. The highest BCUT2D eigenvalue weighted by Gasteiger charge is 2.37. The van der Waals surface area contributed by atoms with Gasteiger partial charge in [0, 0.05) is 26.0 Å². The highest BCUT2D eigenvalue weighted by molar-refractivity contribution is 5.92. The Balaban J connectivity index is 2.34. The number of anilines is 2. The first kappa shape index (κ1) is 22.4. The summed E-state index contributed by atoms with van der Waals surface area (Å²) in [6, 6.07) is 1.06. The second-order valence-corrected chi connectivity index (χ2v) is 6.84. The molecular formula is C19H16F6N4O2. The third kappa shape index (κ3) is 4.01. The first-order valence-electron chi connectivity index (χ1n) is 8.89. The van der Waals surface area contributed by atoms with Crippen molar-refractivity contribution in [2.24, 2.45) is 14.1 Å². The molecule has 1 N–H and O–H groups in total. The Bertz CT molecular complexity index is 1260. The fourth-order valence-electron chi connectivity index (χ4n) is 3.15. The largest absolute Gasteiger partial charge is 0.416 e. The van der Waals surface area contributed by atoms with Gasteiger partial charge in [0.15, 0.2) is 5.65 Å². The van der Waals surface area contributed by atoms with Gasteiger partial charge in [-0.2, -0.15) is 26.3 Å². The quantitative estimate of drug-likeness (QED) is 0.619. The summed E-state index contributed by atoms with van der Waals surface area (Å²) in [7, 11) is 2.55. The van der Waals surface area contributed by atoms with E-state index >= 15 is 0 Å². The third-order valence-electron chi connectivity index (χ3n) is 4.79. The number of fused-ring (bicyclic) bond motifs is 1. The molecule has 0 bridgehead atoms. The Hall–Kier alpha value is -3.31. The maximum atomic E-state index is 13.2. The summed E-state index contributed by atoms with van der Waals surface area (Å²) in [6.45, 7) is 1.67. The van der Waals surface area contributed by atoms with Gasteiger partial charge in [-0.15, -0.1) is 0 Å². The zero-order chi connectivity index (χ0) is 23.3. The molecule has 6 nitrogen and oxygen atoms in total. The van der Waals surface area contributed by atoms with Gasteiger partial charge in [-0.3, -0.25) is 13.9 Å². The average molecular weight is 446 g/mol. The van der Waals surface area contributed by atoms with Crippen molar-refractivity contribution in [1.82, 2.24) is 14.1 Å². The average Bonchev–Trinajstić information content (AvgIpc) is 2.68. The number of alkyl halides is 6. The highest BCUT2D eigenvalue weighted by Crippen LogP contribution is 2.38. The highest BCUT2D eigenvalue weighted by atomic mass is 19.4. The number of halogens is 6. The van der Waals surface area contributed by atoms with E-state index in [1.54, 1.807) is 6.92 Å². The van der Waals surface area contributed by atoms with Crippen molar-refractivity contribution < 1.29 is 26.3 Å². The topological polar surface area (TPSA) is 68.9 Å². The Morgan fingerprint density at radius 3 is 1.97 bits per heavy atom. The van der Waals surface area contributed by atoms with Crippen LogP contribution in [0.5, 0.6) is 0 Å². The lowest BCUT2D eigenvalue weighted by Crippen LogP contribution is -2.37. The lowest BCUT2D eigenvalue weighted by Gasteiger charge is -2.18. The van der Waals surface area contributed by atoms with Crippen LogP contribution in [0.15, 0.2) is 34.0 Å². The summed E-state index contributed by atoms with van der Waals surface area (Å²) < 4.78 is 81.0. The molecule has 0 aliphatic rings. The van der Waals surface area contributed by atoms with Gasteiger partial charge >= 0.3 is 18.0 Å². The van der Waals surface area contributed by atoms with Crippen molar-refractivity contribution in [3.8, 4) is 0 Å². The van der Waals surface area contributed by atoms with Crippen LogP contribution in [0.25, 0.3) is 11.0 Å². The fourth-order valence-corrected chi connectivity index (χ4v) is 3.15. The Kier molecular flexibility index (Phi) is 5.36. The van der Waals surface area contributed by atoms with Gasteiger partial charge in [0.25, 0.3) is 5.56 Å². The van der Waals surface area contributed by atoms with E-state index in [4.69, 9.17) is 0 Å². The molecule has 0 saturated carbocycles. The van der Waals surface area contributed by atoms with Crippen molar-refractivity contribution in [3.05, 3.63) is 61.9 Å². The normalized spacial score (nSPS) is 12.4. The van der Waals surface area contributed by atoms with Crippen LogP contribution in [0.3, 0.4) is 0 Å². The Morgan fingerprint density at radius 1 is 0.935 bits per heavy atom. The number of nitrogens with one attached hydrogen (secondary N) is 1. The standard InChI is InChI=1S/C19H16F6N4O2/c1-4-9-8-26-15-13(16(30)29(3)17(31)28(15)2)14(9)27-12-6-10(18(20,21)22)5-11(7-12)19(23,24)25/h5-8H,4H2,1-3H3,(H,26,27). The number of rotatable bonds is 3. The molecule has 3 rings (SSSR count). The number of aromatic nitrogens is 3. The van der Waals surface area contributed by atoms with Gasteiger partial charge in [0.1, 0.15) is 5.39 Å². The number of aryl methyl sites for hydroxylation is 2. The van der Waals surface area contributed by atoms with Crippen LogP contribution in [0.1, 0.15) is 23.6 Å². The van der Waals surface area contributed by atoms with E-state index in [0.717, 1.165) is 9.13 Å². The molecule has 0 saturated heterocycles. The fraction of sp³-hybridized carbons (Fsp3) is 0.316. The number of benzene rings is 1. The Labute approximate surface area is 170 Å². The van der Waals surface area contributed by atoms with Crippen molar-refractivity contribution in [2.45, 2.75) is 25.7 Å². The summed E-state index contributed by atoms with van der Waals surface area (Å²) in [5.74, 6) is 0. The predicted octanol–water partition coefficient (Wildman–Crippen LogP) is 3.98. The van der Waals surface area contributed by atoms with E-state index in [0.29, 0.717) is 17.7 Å². The maximum absolute atomic E-state index is 13.2. The molecule has 0 aliphatic carbocycles. The molecule has 0 atom stereocenters. The second kappa shape index (κ2) is 7.43. The molecule has 12 heteroatoms. The van der Waals surface area contributed by atoms with Gasteiger partial charge in [-0.05, 0) is 30.2 Å². The SMILES string of the molecule is CCc1cnc2c(c1Nc1cc(C(F)(F)F)cc(C(F)(F)F)c1)c(=O)n(C)c(=O)n2C. The number of hydrogen-bond acceptors (Lipinski definition) is 4. The molecule has 0 unspecified atom stereocenters. The van der Waals surface area contributed by atoms with Gasteiger partial charge in [0.05, 0.1) is 16.8 Å². The summed E-state index contributed by atoms with van der Waals surface area (Å²) in [5, 5.41) is 2.41. The molecule has 2 heterocycles. The number of pyridine rings is 1. The van der Waals surface area contributed by atoms with E-state index in [2.05, 4.69) is 10.3 Å². The summed E-state index contributed by atoms with van der Waals surface area (Å²) in [4.78, 5) is 29.0. The molecule has 0 aliphatic heterocycles. The van der Waals surface area contributed by atoms with E-state index in [1.165, 1.54) is 20.3 Å². The summed E-state index contributed by atoms with van der Waals surface area (Å²) >= 11 is 0. The molecule has 166 valence electrons. The first-order valence-corrected chi connectivity index (χ1v) is 8.89. The summed E-state index contributed by atoms with van der Waals surface area (Å²) in [6.07, 6.45) is -8.47. The lowest BCUT2D eigenvalue weighted by atomic mass is 10.1. The zero-order valence-corrected chi connectivity index (χ0v) is 16.4. The van der Waals surface area contributed by atoms with Crippen LogP contribution >= 0.6 is 0 Å². The number of nitrogens with zero attached hydrogens (tertiary/aromatic N) is 3. The minimum atomic E-state index is -5.02. The van der Waals surface area contributed by atoms with E-state index in [1.807, 2.05) is 0 Å². The van der Waals surface area contributed by atoms with E-state index in [-0.39, 0.29) is 29.2 Å². The molecular weight excluding hydrogens is 430 g/mol. The van der Waals surface area contributed by atoms with E-state index < -0.39 is 40.4 Å². The van der Waals surface area contributed by atoms with Crippen molar-refractivity contribution in [1.29, 1.82) is 0 Å². The molecule has 0 fully saturated rings. The maximum Gasteiger partial charge on any atom is 0.416 e. The van der Waals surface area contributed by atoms with Crippen LogP contribution in [-0.4, -0.2) is 14.1 Å². The lowest BCUT2D eigenvalue weighted by molar-refractivity contribution is -0.143. The zero-order valence-electron chi connectivity index (χ0n) is 16.4. The van der Waals surface area contributed by atoms with Gasteiger partial charge in [0.2, 0.25) is 0 Å². The minimum Gasteiger partial charge on any atom is -0.354 e. The molecule has 3 aromatic rings. The first-order chi connectivity index (χ1) is 14.3. The molecule has 1 aromatic carbocycles. The second-order valence-electron chi connectivity index (χ2n) is 6.84. The van der Waals surface area contributed by atoms with Crippen LogP contribution in [-0.2, 0) is 32.9 Å². The van der Waals surface area contributed by atoms with E-state index in [9.17, 15) is 35.9 Å². The smallest absolute Gasteiger partial charge is 0.354 e. The van der Waals surface area contributed by atoms with Gasteiger partial charge in [-0.25, -0.2) is 9.78 Å². The van der Waals surface area contributed by atoms with Crippen LogP contribution < -0.4 is 16.6 Å². The monoisotopic (exact) mass is 446 g/mol. The summed E-state index contributed by atoms with van der Waals surface area (Å²) in [5.41, 5.74) is -4.69.